The lowest BCUT2D eigenvalue weighted by Gasteiger charge is -1.99. The van der Waals surface area contributed by atoms with Gasteiger partial charge in [0.15, 0.2) is 6.61 Å². The zero-order valence-electron chi connectivity index (χ0n) is 7.23. The molecule has 2 aromatic rings. The Balaban J connectivity index is 2.29. The summed E-state index contributed by atoms with van der Waals surface area (Å²) >= 11 is 0. The Labute approximate surface area is 79.3 Å². The van der Waals surface area contributed by atoms with Crippen LogP contribution in [0.5, 0.6) is 5.75 Å². The minimum absolute atomic E-state index is 0.345. The SMILES string of the molecule is O=C(O)COc1c[nH]c2ncccc12. The molecule has 2 heterocycles. The smallest absolute Gasteiger partial charge is 0.341 e. The summed E-state index contributed by atoms with van der Waals surface area (Å²) in [6, 6.07) is 3.58. The molecule has 5 nitrogen and oxygen atoms in total. The van der Waals surface area contributed by atoms with Crippen LogP contribution in [0.25, 0.3) is 11.0 Å². The van der Waals surface area contributed by atoms with Crippen LogP contribution in [0.3, 0.4) is 0 Å². The molecule has 0 aliphatic carbocycles. The van der Waals surface area contributed by atoms with Crippen molar-refractivity contribution in [3.05, 3.63) is 24.5 Å². The lowest BCUT2D eigenvalue weighted by molar-refractivity contribution is -0.139. The van der Waals surface area contributed by atoms with Crippen molar-refractivity contribution >= 4 is 17.0 Å². The molecule has 0 amide bonds. The number of carboxylic acid groups (broad SMARTS) is 1. The third-order valence-electron chi connectivity index (χ3n) is 1.76. The second-order valence-electron chi connectivity index (χ2n) is 2.73. The third-order valence-corrected chi connectivity index (χ3v) is 1.76. The molecule has 2 aromatic heterocycles. The standard InChI is InChI=1S/C9H8N2O3/c12-8(13)5-14-7-4-11-9-6(7)2-1-3-10-9/h1-4H,5H2,(H,10,11)(H,12,13). The molecule has 0 aliphatic heterocycles. The number of rotatable bonds is 3. The topological polar surface area (TPSA) is 75.2 Å². The molecular formula is C9H8N2O3. The van der Waals surface area contributed by atoms with E-state index in [1.807, 2.05) is 6.07 Å². The maximum atomic E-state index is 10.3. The minimum atomic E-state index is -0.997. The molecule has 2 rings (SSSR count). The number of aromatic amines is 1. The number of nitrogens with one attached hydrogen (secondary N) is 1. The Bertz CT molecular complexity index is 464. The summed E-state index contributed by atoms with van der Waals surface area (Å²) in [6.07, 6.45) is 3.25. The Kier molecular flexibility index (Phi) is 2.06. The predicted molar refractivity (Wildman–Crippen MR) is 49.2 cm³/mol. The molecule has 0 saturated heterocycles. The van der Waals surface area contributed by atoms with E-state index in [0.29, 0.717) is 11.4 Å². The van der Waals surface area contributed by atoms with Crippen LogP contribution in [0.15, 0.2) is 24.5 Å². The number of carboxylic acids is 1. The van der Waals surface area contributed by atoms with Gasteiger partial charge in [-0.2, -0.15) is 0 Å². The Morgan fingerprint density at radius 1 is 1.64 bits per heavy atom. The van der Waals surface area contributed by atoms with E-state index in [1.54, 1.807) is 18.5 Å². The summed E-state index contributed by atoms with van der Waals surface area (Å²) in [5.74, 6) is -0.487. The van der Waals surface area contributed by atoms with Crippen LogP contribution in [0.2, 0.25) is 0 Å². The fourth-order valence-corrected chi connectivity index (χ4v) is 1.19. The van der Waals surface area contributed by atoms with Gasteiger partial charge in [-0.15, -0.1) is 0 Å². The largest absolute Gasteiger partial charge is 0.480 e. The van der Waals surface area contributed by atoms with E-state index >= 15 is 0 Å². The van der Waals surface area contributed by atoms with Gasteiger partial charge >= 0.3 is 5.97 Å². The molecular weight excluding hydrogens is 184 g/mol. The molecule has 72 valence electrons. The molecule has 14 heavy (non-hydrogen) atoms. The first kappa shape index (κ1) is 8.55. The number of pyridine rings is 1. The van der Waals surface area contributed by atoms with Crippen LogP contribution in [0.4, 0.5) is 0 Å². The number of carbonyl (C=O) groups is 1. The van der Waals surface area contributed by atoms with Crippen LogP contribution in [-0.2, 0) is 4.79 Å². The highest BCUT2D eigenvalue weighted by Crippen LogP contribution is 2.22. The fourth-order valence-electron chi connectivity index (χ4n) is 1.19. The van der Waals surface area contributed by atoms with Crippen molar-refractivity contribution in [3.63, 3.8) is 0 Å². The highest BCUT2D eigenvalue weighted by Gasteiger charge is 2.06. The van der Waals surface area contributed by atoms with Gasteiger partial charge in [0.1, 0.15) is 11.4 Å². The molecule has 5 heteroatoms. The number of hydrogen-bond acceptors (Lipinski definition) is 3. The molecule has 0 unspecified atom stereocenters. The first-order valence-electron chi connectivity index (χ1n) is 4.04. The maximum Gasteiger partial charge on any atom is 0.341 e. The molecule has 0 radical (unpaired) electrons. The lowest BCUT2D eigenvalue weighted by atomic mass is 10.3. The van der Waals surface area contributed by atoms with E-state index in [9.17, 15) is 4.79 Å². The van der Waals surface area contributed by atoms with Gasteiger partial charge in [-0.05, 0) is 12.1 Å². The van der Waals surface area contributed by atoms with Gasteiger partial charge in [-0.3, -0.25) is 0 Å². The Hall–Kier alpha value is -2.04. The molecule has 0 spiro atoms. The van der Waals surface area contributed by atoms with Crippen LogP contribution in [0.1, 0.15) is 0 Å². The van der Waals surface area contributed by atoms with Crippen molar-refractivity contribution < 1.29 is 14.6 Å². The normalized spacial score (nSPS) is 10.3. The number of ether oxygens (including phenoxy) is 1. The maximum absolute atomic E-state index is 10.3. The summed E-state index contributed by atoms with van der Waals surface area (Å²) < 4.78 is 5.05. The second-order valence-corrected chi connectivity index (χ2v) is 2.73. The average Bonchev–Trinajstić information content (AvgIpc) is 2.58. The summed E-state index contributed by atoms with van der Waals surface area (Å²) in [6.45, 7) is -0.345. The number of aromatic nitrogens is 2. The van der Waals surface area contributed by atoms with Crippen molar-refractivity contribution in [3.8, 4) is 5.75 Å². The Morgan fingerprint density at radius 3 is 3.29 bits per heavy atom. The van der Waals surface area contributed by atoms with Gasteiger partial charge in [0.05, 0.1) is 5.39 Å². The zero-order valence-corrected chi connectivity index (χ0v) is 7.23. The number of aliphatic carboxylic acids is 1. The molecule has 0 aromatic carbocycles. The highest BCUT2D eigenvalue weighted by atomic mass is 16.5. The van der Waals surface area contributed by atoms with Gasteiger partial charge in [-0.1, -0.05) is 0 Å². The van der Waals surface area contributed by atoms with E-state index in [2.05, 4.69) is 9.97 Å². The van der Waals surface area contributed by atoms with Gasteiger partial charge in [-0.25, -0.2) is 9.78 Å². The summed E-state index contributed by atoms with van der Waals surface area (Å²) in [5, 5.41) is 9.22. The number of fused-ring (bicyclic) bond motifs is 1. The van der Waals surface area contributed by atoms with Crippen LogP contribution >= 0.6 is 0 Å². The van der Waals surface area contributed by atoms with E-state index < -0.39 is 5.97 Å². The first-order chi connectivity index (χ1) is 6.77. The third kappa shape index (κ3) is 1.52. The van der Waals surface area contributed by atoms with E-state index in [-0.39, 0.29) is 6.61 Å². The van der Waals surface area contributed by atoms with Gasteiger partial charge in [0.2, 0.25) is 0 Å². The highest BCUT2D eigenvalue weighted by molar-refractivity contribution is 5.83. The predicted octanol–water partition coefficient (Wildman–Crippen LogP) is 1.03. The number of nitrogens with zero attached hydrogens (tertiary/aromatic N) is 1. The van der Waals surface area contributed by atoms with E-state index in [0.717, 1.165) is 5.39 Å². The number of hydrogen-bond donors (Lipinski definition) is 2. The van der Waals surface area contributed by atoms with Crippen LogP contribution in [0, 0.1) is 0 Å². The molecule has 2 N–H and O–H groups in total. The average molecular weight is 192 g/mol. The second kappa shape index (κ2) is 3.37. The Morgan fingerprint density at radius 2 is 2.50 bits per heavy atom. The summed E-state index contributed by atoms with van der Waals surface area (Å²) in [7, 11) is 0. The van der Waals surface area contributed by atoms with Crippen molar-refractivity contribution in [2.75, 3.05) is 6.61 Å². The van der Waals surface area contributed by atoms with Crippen molar-refractivity contribution in [1.29, 1.82) is 0 Å². The van der Waals surface area contributed by atoms with Gasteiger partial charge in [0, 0.05) is 12.4 Å². The molecule has 0 aliphatic rings. The number of H-pyrrole nitrogens is 1. The zero-order chi connectivity index (χ0) is 9.97. The lowest BCUT2D eigenvalue weighted by Crippen LogP contribution is -2.08. The molecule has 0 atom stereocenters. The molecule has 0 fully saturated rings. The summed E-state index contributed by atoms with van der Waals surface area (Å²) in [5.41, 5.74) is 0.688. The monoisotopic (exact) mass is 192 g/mol. The van der Waals surface area contributed by atoms with Crippen molar-refractivity contribution in [2.24, 2.45) is 0 Å². The fraction of sp³-hybridized carbons (Fsp3) is 0.111. The quantitative estimate of drug-likeness (QED) is 0.761. The van der Waals surface area contributed by atoms with Crippen LogP contribution in [-0.4, -0.2) is 27.7 Å². The van der Waals surface area contributed by atoms with Gasteiger partial charge < -0.3 is 14.8 Å². The van der Waals surface area contributed by atoms with Crippen LogP contribution < -0.4 is 4.74 Å². The first-order valence-corrected chi connectivity index (χ1v) is 4.04. The van der Waals surface area contributed by atoms with Crippen molar-refractivity contribution in [1.82, 2.24) is 9.97 Å². The van der Waals surface area contributed by atoms with E-state index in [1.165, 1.54) is 0 Å². The molecule has 0 bridgehead atoms. The molecule has 0 saturated carbocycles. The van der Waals surface area contributed by atoms with Gasteiger partial charge in [0.25, 0.3) is 0 Å². The summed E-state index contributed by atoms with van der Waals surface area (Å²) in [4.78, 5) is 17.2. The minimum Gasteiger partial charge on any atom is -0.480 e. The van der Waals surface area contributed by atoms with E-state index in [4.69, 9.17) is 9.84 Å². The van der Waals surface area contributed by atoms with Crippen molar-refractivity contribution in [2.45, 2.75) is 0 Å².